The maximum Gasteiger partial charge on any atom is 0.132 e. The van der Waals surface area contributed by atoms with E-state index in [0.717, 1.165) is 56.2 Å². The summed E-state index contributed by atoms with van der Waals surface area (Å²) in [6, 6.07) is 17.5. The maximum absolute atomic E-state index is 11.5. The lowest BCUT2D eigenvalue weighted by molar-refractivity contribution is -0.119. The first-order valence-electron chi connectivity index (χ1n) is 12.5. The minimum atomic E-state index is 0.426. The number of rotatable bonds is 13. The highest BCUT2D eigenvalue weighted by Gasteiger charge is 2.05. The molecule has 174 valence electrons. The third-order valence-corrected chi connectivity index (χ3v) is 5.74. The lowest BCUT2D eigenvalue weighted by atomic mass is 9.98. The average molecular weight is 434 g/mol. The Kier molecular flexibility index (Phi) is 13.9. The van der Waals surface area contributed by atoms with Crippen LogP contribution in [-0.4, -0.2) is 12.5 Å². The highest BCUT2D eigenvalue weighted by atomic mass is 16.1. The fourth-order valence-electron chi connectivity index (χ4n) is 3.73. The molecule has 2 aromatic carbocycles. The van der Waals surface area contributed by atoms with E-state index in [1.165, 1.54) is 35.1 Å². The number of allylic oxidation sites excluding steroid dienone is 1. The molecule has 0 aliphatic carbocycles. The van der Waals surface area contributed by atoms with Gasteiger partial charge in [-0.2, -0.15) is 0 Å². The molecule has 0 amide bonds. The number of unbranched alkanes of at least 4 members (excludes halogenated alkanes) is 3. The summed E-state index contributed by atoms with van der Waals surface area (Å²) in [5.41, 5.74) is 7.23. The lowest BCUT2D eigenvalue weighted by Gasteiger charge is -2.09. The molecular formula is C30H43NO. The Morgan fingerprint density at radius 3 is 1.91 bits per heavy atom. The summed E-state index contributed by atoms with van der Waals surface area (Å²) in [6.45, 7) is 14.1. The molecule has 0 spiro atoms. The number of aryl methyl sites for hydroxylation is 1. The van der Waals surface area contributed by atoms with Gasteiger partial charge < -0.3 is 0 Å². The first kappa shape index (κ1) is 27.6. The number of hydrogen-bond acceptors (Lipinski definition) is 2. The van der Waals surface area contributed by atoms with E-state index < -0.39 is 0 Å². The molecule has 0 bridgehead atoms. The Morgan fingerprint density at radius 2 is 1.38 bits per heavy atom. The van der Waals surface area contributed by atoms with E-state index in [1.54, 1.807) is 0 Å². The number of ketones is 1. The van der Waals surface area contributed by atoms with Crippen LogP contribution < -0.4 is 0 Å². The van der Waals surface area contributed by atoms with E-state index in [0.29, 0.717) is 5.78 Å². The summed E-state index contributed by atoms with van der Waals surface area (Å²) in [4.78, 5) is 15.8. The predicted molar refractivity (Wildman–Crippen MR) is 142 cm³/mol. The van der Waals surface area contributed by atoms with Crippen molar-refractivity contribution in [2.24, 2.45) is 4.99 Å². The molecule has 32 heavy (non-hydrogen) atoms. The van der Waals surface area contributed by atoms with Crippen LogP contribution in [-0.2, 0) is 11.2 Å². The van der Waals surface area contributed by atoms with Gasteiger partial charge in [-0.05, 0) is 68.0 Å². The summed E-state index contributed by atoms with van der Waals surface area (Å²) in [6.07, 6.45) is 9.17. The van der Waals surface area contributed by atoms with Crippen molar-refractivity contribution < 1.29 is 4.79 Å². The molecule has 0 fully saturated rings. The molecule has 2 heteroatoms. The number of Topliss-reactive ketones (excluding diaryl/α,β-unsaturated/α-hetero) is 1. The molecule has 2 aromatic rings. The van der Waals surface area contributed by atoms with Gasteiger partial charge in [0.05, 0.1) is 5.70 Å². The van der Waals surface area contributed by atoms with Crippen molar-refractivity contribution >= 4 is 18.2 Å². The summed E-state index contributed by atoms with van der Waals surface area (Å²) < 4.78 is 0. The van der Waals surface area contributed by atoms with E-state index in [2.05, 4.69) is 81.0 Å². The highest BCUT2D eigenvalue weighted by molar-refractivity contribution is 5.78. The lowest BCUT2D eigenvalue weighted by Crippen LogP contribution is -1.96. The molecule has 0 aromatic heterocycles. The zero-order valence-electron chi connectivity index (χ0n) is 21.0. The topological polar surface area (TPSA) is 29.4 Å². The molecule has 0 aliphatic rings. The fourth-order valence-corrected chi connectivity index (χ4v) is 3.73. The van der Waals surface area contributed by atoms with Crippen LogP contribution in [0, 0.1) is 0 Å². The number of nitrogens with zero attached hydrogens (tertiary/aromatic N) is 1. The van der Waals surface area contributed by atoms with Crippen LogP contribution in [0.2, 0.25) is 0 Å². The minimum Gasteiger partial charge on any atom is -0.300 e. The quantitative estimate of drug-likeness (QED) is 0.229. The van der Waals surface area contributed by atoms with E-state index >= 15 is 0 Å². The molecule has 0 saturated carbocycles. The van der Waals surface area contributed by atoms with Gasteiger partial charge in [0.2, 0.25) is 0 Å². The van der Waals surface area contributed by atoms with E-state index in [1.807, 2.05) is 13.8 Å². The van der Waals surface area contributed by atoms with Crippen molar-refractivity contribution in [1.82, 2.24) is 0 Å². The second-order valence-corrected chi connectivity index (χ2v) is 8.12. The van der Waals surface area contributed by atoms with Gasteiger partial charge in [-0.25, -0.2) is 0 Å². The molecule has 0 heterocycles. The fraction of sp³-hybridized carbons (Fsp3) is 0.467. The number of carbonyl (C=O) groups excluding carboxylic acids is 1. The van der Waals surface area contributed by atoms with Crippen molar-refractivity contribution in [2.45, 2.75) is 92.4 Å². The zero-order valence-corrected chi connectivity index (χ0v) is 21.0. The van der Waals surface area contributed by atoms with Crippen molar-refractivity contribution in [2.75, 3.05) is 0 Å². The van der Waals surface area contributed by atoms with Crippen molar-refractivity contribution in [3.05, 3.63) is 65.2 Å². The van der Waals surface area contributed by atoms with Crippen molar-refractivity contribution in [1.29, 1.82) is 0 Å². The minimum absolute atomic E-state index is 0.426. The Balaban J connectivity index is 0.00000249. The van der Waals surface area contributed by atoms with Crippen LogP contribution in [0.5, 0.6) is 0 Å². The van der Waals surface area contributed by atoms with Crippen LogP contribution in [0.15, 0.2) is 59.1 Å². The number of aliphatic imine (C=N–C) groups is 1. The molecule has 0 saturated heterocycles. The molecule has 2 rings (SSSR count). The van der Waals surface area contributed by atoms with Crippen LogP contribution in [0.25, 0.3) is 16.8 Å². The Morgan fingerprint density at radius 1 is 0.812 bits per heavy atom. The second-order valence-electron chi connectivity index (χ2n) is 8.12. The zero-order chi connectivity index (χ0) is 23.8. The van der Waals surface area contributed by atoms with E-state index in [-0.39, 0.29) is 0 Å². The third-order valence-electron chi connectivity index (χ3n) is 5.74. The van der Waals surface area contributed by atoms with Crippen LogP contribution in [0.4, 0.5) is 0 Å². The van der Waals surface area contributed by atoms with Crippen LogP contribution in [0.3, 0.4) is 0 Å². The normalized spacial score (nSPS) is 11.3. The van der Waals surface area contributed by atoms with Gasteiger partial charge in [0.25, 0.3) is 0 Å². The van der Waals surface area contributed by atoms with Crippen LogP contribution >= 0.6 is 0 Å². The summed E-state index contributed by atoms with van der Waals surface area (Å²) in [7, 11) is 0. The Labute approximate surface area is 196 Å². The first-order valence-corrected chi connectivity index (χ1v) is 12.5. The Hall–Kier alpha value is -2.48. The molecule has 0 unspecified atom stereocenters. The number of hydrogen-bond donors (Lipinski definition) is 0. The SMILES string of the molecule is C=N/C(=C(\C)CC)c1ccc(-c2ccc(CCCCCCC(=O)CCC)cc2)cc1.CC. The molecular weight excluding hydrogens is 390 g/mol. The van der Waals surface area contributed by atoms with Crippen molar-refractivity contribution in [3.63, 3.8) is 0 Å². The van der Waals surface area contributed by atoms with Gasteiger partial charge in [-0.3, -0.25) is 9.79 Å². The molecule has 0 N–H and O–H groups in total. The van der Waals surface area contributed by atoms with Gasteiger partial charge in [-0.1, -0.05) is 89.1 Å². The molecule has 0 atom stereocenters. The summed E-state index contributed by atoms with van der Waals surface area (Å²) in [5.74, 6) is 0.426. The van der Waals surface area contributed by atoms with Gasteiger partial charge in [0.1, 0.15) is 5.78 Å². The van der Waals surface area contributed by atoms with Gasteiger partial charge in [0, 0.05) is 18.4 Å². The first-order chi connectivity index (χ1) is 15.6. The molecule has 0 aliphatic heterocycles. The monoisotopic (exact) mass is 433 g/mol. The van der Waals surface area contributed by atoms with Crippen molar-refractivity contribution in [3.8, 4) is 11.1 Å². The van der Waals surface area contributed by atoms with E-state index in [9.17, 15) is 4.79 Å². The second kappa shape index (κ2) is 16.2. The van der Waals surface area contributed by atoms with Gasteiger partial charge >= 0.3 is 0 Å². The number of carbonyl (C=O) groups is 1. The van der Waals surface area contributed by atoms with Gasteiger partial charge in [-0.15, -0.1) is 0 Å². The average Bonchev–Trinajstić information content (AvgIpc) is 2.84. The maximum atomic E-state index is 11.5. The summed E-state index contributed by atoms with van der Waals surface area (Å²) >= 11 is 0. The number of benzene rings is 2. The predicted octanol–water partition coefficient (Wildman–Crippen LogP) is 9.08. The Bertz CT molecular complexity index is 828. The standard InChI is InChI=1S/C28H37NO.C2H6/c1-5-11-27(30)13-10-8-7-9-12-23-14-16-24(17-15-23)25-18-20-26(21-19-25)28(29-4)22(3)6-2;1-2/h14-21H,4-13H2,1-3H3;1-2H3/b28-22+;. The van der Waals surface area contributed by atoms with Gasteiger partial charge in [0.15, 0.2) is 0 Å². The third kappa shape index (κ3) is 9.34. The summed E-state index contributed by atoms with van der Waals surface area (Å²) in [5, 5.41) is 0. The largest absolute Gasteiger partial charge is 0.300 e. The van der Waals surface area contributed by atoms with Crippen LogP contribution in [0.1, 0.15) is 97.1 Å². The smallest absolute Gasteiger partial charge is 0.132 e. The van der Waals surface area contributed by atoms with E-state index in [4.69, 9.17) is 0 Å². The highest BCUT2D eigenvalue weighted by Crippen LogP contribution is 2.26. The molecule has 0 radical (unpaired) electrons. The molecule has 2 nitrogen and oxygen atoms in total.